The molecule has 2 N–H and O–H groups in total. The SMILES string of the molecule is CCCSc1ccc(CC(C)N)cc1C. The van der Waals surface area contributed by atoms with Crippen molar-refractivity contribution in [3.8, 4) is 0 Å². The standard InChI is InChI=1S/C13H21NS/c1-4-7-15-13-6-5-12(8-10(13)2)9-11(3)14/h5-6,8,11H,4,7,9,14H2,1-3H3. The fraction of sp³-hybridized carbons (Fsp3) is 0.538. The summed E-state index contributed by atoms with van der Waals surface area (Å²) in [7, 11) is 0. The first-order chi connectivity index (χ1) is 7.13. The van der Waals surface area contributed by atoms with Crippen molar-refractivity contribution in [3.63, 3.8) is 0 Å². The molecule has 1 aromatic rings. The molecule has 2 heteroatoms. The molecule has 1 atom stereocenters. The highest BCUT2D eigenvalue weighted by atomic mass is 32.2. The minimum absolute atomic E-state index is 0.249. The zero-order valence-corrected chi connectivity index (χ0v) is 10.7. The molecule has 0 aromatic heterocycles. The van der Waals surface area contributed by atoms with Gasteiger partial charge in [-0.2, -0.15) is 0 Å². The van der Waals surface area contributed by atoms with Crippen molar-refractivity contribution >= 4 is 11.8 Å². The van der Waals surface area contributed by atoms with Gasteiger partial charge in [-0.05, 0) is 49.6 Å². The lowest BCUT2D eigenvalue weighted by atomic mass is 10.1. The Morgan fingerprint density at radius 1 is 1.40 bits per heavy atom. The van der Waals surface area contributed by atoms with Gasteiger partial charge < -0.3 is 5.73 Å². The molecular weight excluding hydrogens is 202 g/mol. The largest absolute Gasteiger partial charge is 0.328 e. The first-order valence-corrected chi connectivity index (χ1v) is 6.60. The summed E-state index contributed by atoms with van der Waals surface area (Å²) >= 11 is 1.94. The van der Waals surface area contributed by atoms with E-state index < -0.39 is 0 Å². The molecule has 1 unspecified atom stereocenters. The highest BCUT2D eigenvalue weighted by Gasteiger charge is 2.02. The molecule has 1 aromatic carbocycles. The third kappa shape index (κ3) is 4.27. The van der Waals surface area contributed by atoms with Crippen LogP contribution in [0.15, 0.2) is 23.1 Å². The van der Waals surface area contributed by atoms with E-state index in [2.05, 4.69) is 39.0 Å². The Kier molecular flexibility index (Phi) is 5.20. The molecule has 0 radical (unpaired) electrons. The quantitative estimate of drug-likeness (QED) is 0.774. The van der Waals surface area contributed by atoms with Gasteiger partial charge in [0, 0.05) is 10.9 Å². The Morgan fingerprint density at radius 2 is 2.13 bits per heavy atom. The Bertz CT molecular complexity index is 307. The molecule has 0 aliphatic heterocycles. The maximum absolute atomic E-state index is 5.79. The molecule has 1 nitrogen and oxygen atoms in total. The summed E-state index contributed by atoms with van der Waals surface area (Å²) in [6.45, 7) is 6.45. The van der Waals surface area contributed by atoms with Crippen molar-refractivity contribution in [1.82, 2.24) is 0 Å². The smallest absolute Gasteiger partial charge is 0.0101 e. The average Bonchev–Trinajstić information content (AvgIpc) is 2.15. The van der Waals surface area contributed by atoms with Crippen LogP contribution in [0, 0.1) is 6.92 Å². The normalized spacial score (nSPS) is 12.8. The molecule has 0 aliphatic carbocycles. The lowest BCUT2D eigenvalue weighted by Crippen LogP contribution is -2.17. The van der Waals surface area contributed by atoms with Gasteiger partial charge in [0.15, 0.2) is 0 Å². The van der Waals surface area contributed by atoms with Crippen LogP contribution in [-0.2, 0) is 6.42 Å². The van der Waals surface area contributed by atoms with Crippen molar-refractivity contribution < 1.29 is 0 Å². The van der Waals surface area contributed by atoms with Crippen LogP contribution >= 0.6 is 11.8 Å². The predicted molar refractivity (Wildman–Crippen MR) is 69.5 cm³/mol. The highest BCUT2D eigenvalue weighted by molar-refractivity contribution is 7.99. The summed E-state index contributed by atoms with van der Waals surface area (Å²) in [5.74, 6) is 1.20. The summed E-state index contributed by atoms with van der Waals surface area (Å²) < 4.78 is 0. The van der Waals surface area contributed by atoms with Gasteiger partial charge >= 0.3 is 0 Å². The minimum atomic E-state index is 0.249. The van der Waals surface area contributed by atoms with Crippen LogP contribution in [-0.4, -0.2) is 11.8 Å². The summed E-state index contributed by atoms with van der Waals surface area (Å²) in [6.07, 6.45) is 2.20. The Balaban J connectivity index is 2.69. The number of hydrogen-bond acceptors (Lipinski definition) is 2. The number of rotatable bonds is 5. The van der Waals surface area contributed by atoms with Crippen molar-refractivity contribution in [2.24, 2.45) is 5.73 Å². The van der Waals surface area contributed by atoms with Crippen LogP contribution in [0.4, 0.5) is 0 Å². The van der Waals surface area contributed by atoms with E-state index in [1.54, 1.807) is 0 Å². The maximum atomic E-state index is 5.79. The second kappa shape index (κ2) is 6.19. The summed E-state index contributed by atoms with van der Waals surface area (Å²) in [5.41, 5.74) is 8.52. The number of thioether (sulfide) groups is 1. The molecule has 0 amide bonds. The molecule has 1 rings (SSSR count). The number of benzene rings is 1. The second-order valence-electron chi connectivity index (χ2n) is 4.13. The maximum Gasteiger partial charge on any atom is 0.0101 e. The van der Waals surface area contributed by atoms with Gasteiger partial charge in [0.2, 0.25) is 0 Å². The minimum Gasteiger partial charge on any atom is -0.328 e. The molecular formula is C13H21NS. The van der Waals surface area contributed by atoms with Crippen LogP contribution in [0.1, 0.15) is 31.4 Å². The molecule has 0 saturated carbocycles. The lowest BCUT2D eigenvalue weighted by Gasteiger charge is -2.09. The second-order valence-corrected chi connectivity index (χ2v) is 5.27. The van der Waals surface area contributed by atoms with Crippen LogP contribution in [0.3, 0.4) is 0 Å². The summed E-state index contributed by atoms with van der Waals surface area (Å²) in [5, 5.41) is 0. The first kappa shape index (κ1) is 12.6. The van der Waals surface area contributed by atoms with E-state index in [1.165, 1.54) is 28.2 Å². The van der Waals surface area contributed by atoms with Crippen LogP contribution in [0.2, 0.25) is 0 Å². The van der Waals surface area contributed by atoms with E-state index in [4.69, 9.17) is 5.73 Å². The van der Waals surface area contributed by atoms with Gasteiger partial charge in [0.05, 0.1) is 0 Å². The third-order valence-corrected chi connectivity index (χ3v) is 3.64. The molecule has 0 aliphatic rings. The van der Waals surface area contributed by atoms with Crippen molar-refractivity contribution in [2.75, 3.05) is 5.75 Å². The summed E-state index contributed by atoms with van der Waals surface area (Å²) in [4.78, 5) is 1.41. The van der Waals surface area contributed by atoms with E-state index in [1.807, 2.05) is 11.8 Å². The van der Waals surface area contributed by atoms with Crippen LogP contribution < -0.4 is 5.73 Å². The van der Waals surface area contributed by atoms with Crippen molar-refractivity contribution in [3.05, 3.63) is 29.3 Å². The van der Waals surface area contributed by atoms with Gasteiger partial charge in [-0.15, -0.1) is 11.8 Å². The molecule has 84 valence electrons. The molecule has 0 bridgehead atoms. The highest BCUT2D eigenvalue weighted by Crippen LogP contribution is 2.24. The average molecular weight is 223 g/mol. The fourth-order valence-electron chi connectivity index (χ4n) is 1.58. The van der Waals surface area contributed by atoms with Gasteiger partial charge in [0.1, 0.15) is 0 Å². The van der Waals surface area contributed by atoms with Crippen LogP contribution in [0.5, 0.6) is 0 Å². The van der Waals surface area contributed by atoms with E-state index in [0.717, 1.165) is 6.42 Å². The number of hydrogen-bond donors (Lipinski definition) is 1. The van der Waals surface area contributed by atoms with Gasteiger partial charge in [-0.3, -0.25) is 0 Å². The predicted octanol–water partition coefficient (Wildman–Crippen LogP) is 3.39. The third-order valence-electron chi connectivity index (χ3n) is 2.26. The molecule has 0 spiro atoms. The Labute approximate surface area is 97.4 Å². The lowest BCUT2D eigenvalue weighted by molar-refractivity contribution is 0.737. The van der Waals surface area contributed by atoms with E-state index in [9.17, 15) is 0 Å². The van der Waals surface area contributed by atoms with E-state index in [0.29, 0.717) is 0 Å². The first-order valence-electron chi connectivity index (χ1n) is 5.61. The Hall–Kier alpha value is -0.470. The summed E-state index contributed by atoms with van der Waals surface area (Å²) in [6, 6.07) is 6.95. The molecule has 0 heterocycles. The zero-order chi connectivity index (χ0) is 11.3. The zero-order valence-electron chi connectivity index (χ0n) is 9.92. The van der Waals surface area contributed by atoms with Crippen molar-refractivity contribution in [2.45, 2.75) is 44.6 Å². The molecule has 0 fully saturated rings. The van der Waals surface area contributed by atoms with Crippen LogP contribution in [0.25, 0.3) is 0 Å². The topological polar surface area (TPSA) is 26.0 Å². The molecule has 15 heavy (non-hydrogen) atoms. The number of nitrogens with two attached hydrogens (primary N) is 1. The monoisotopic (exact) mass is 223 g/mol. The Morgan fingerprint density at radius 3 is 2.67 bits per heavy atom. The fourth-order valence-corrected chi connectivity index (χ4v) is 2.46. The number of aryl methyl sites for hydroxylation is 1. The van der Waals surface area contributed by atoms with E-state index in [-0.39, 0.29) is 6.04 Å². The van der Waals surface area contributed by atoms with Gasteiger partial charge in [-0.1, -0.05) is 19.1 Å². The van der Waals surface area contributed by atoms with Crippen molar-refractivity contribution in [1.29, 1.82) is 0 Å². The van der Waals surface area contributed by atoms with Gasteiger partial charge in [0.25, 0.3) is 0 Å². The van der Waals surface area contributed by atoms with E-state index >= 15 is 0 Å². The van der Waals surface area contributed by atoms with Gasteiger partial charge in [-0.25, -0.2) is 0 Å². The molecule has 0 saturated heterocycles.